The van der Waals surface area contributed by atoms with Crippen LogP contribution in [0.15, 0.2) is 97.1 Å². The fraction of sp³-hybridized carbons (Fsp3) is 0.200. The van der Waals surface area contributed by atoms with E-state index in [2.05, 4.69) is 107 Å². The molecule has 0 aliphatic carbocycles. The molecule has 1 aliphatic heterocycles. The maximum absolute atomic E-state index is 13.1. The lowest BCUT2D eigenvalue weighted by Crippen LogP contribution is -2.22. The summed E-state index contributed by atoms with van der Waals surface area (Å²) in [5.74, 6) is 0.703. The Morgan fingerprint density at radius 2 is 1.09 bits per heavy atom. The van der Waals surface area contributed by atoms with Crippen molar-refractivity contribution in [2.45, 2.75) is 38.5 Å². The number of benzene rings is 4. The highest BCUT2D eigenvalue weighted by Gasteiger charge is 2.30. The van der Waals surface area contributed by atoms with E-state index in [0.717, 1.165) is 22.0 Å². The smallest absolute Gasteiger partial charge is 0.266 e. The molecule has 0 N–H and O–H groups in total. The van der Waals surface area contributed by atoms with Gasteiger partial charge in [0.05, 0.1) is 5.30 Å². The Balaban J connectivity index is 1.60. The first-order valence-corrected chi connectivity index (χ1v) is 12.7. The maximum atomic E-state index is 13.1. The zero-order valence-electron chi connectivity index (χ0n) is 19.6. The average Bonchev–Trinajstić information content (AvgIpc) is 2.85. The van der Waals surface area contributed by atoms with Crippen LogP contribution in [0.5, 0.6) is 5.75 Å². The van der Waals surface area contributed by atoms with Gasteiger partial charge >= 0.3 is 0 Å². The van der Waals surface area contributed by atoms with Crippen LogP contribution in [0.1, 0.15) is 49.9 Å². The third-order valence-corrected chi connectivity index (χ3v) is 8.41. The van der Waals surface area contributed by atoms with Crippen molar-refractivity contribution in [1.29, 1.82) is 0 Å². The van der Waals surface area contributed by atoms with E-state index in [9.17, 15) is 4.57 Å². The quantitative estimate of drug-likeness (QED) is 0.300. The van der Waals surface area contributed by atoms with Crippen molar-refractivity contribution in [2.24, 2.45) is 0 Å². The van der Waals surface area contributed by atoms with Crippen molar-refractivity contribution >= 4 is 13.3 Å². The first kappa shape index (κ1) is 21.7. The summed E-state index contributed by atoms with van der Waals surface area (Å²) in [5, 5.41) is 0.809. The third kappa shape index (κ3) is 3.73. The van der Waals surface area contributed by atoms with Crippen LogP contribution in [-0.2, 0) is 15.4 Å². The molecule has 0 aromatic heterocycles. The second-order valence-corrected chi connectivity index (χ2v) is 11.2. The van der Waals surface area contributed by atoms with Gasteiger partial charge < -0.3 is 4.52 Å². The highest BCUT2D eigenvalue weighted by Crippen LogP contribution is 2.46. The number of hydrogen-bond acceptors (Lipinski definition) is 2. The van der Waals surface area contributed by atoms with Crippen molar-refractivity contribution in [3.8, 4) is 16.9 Å². The van der Waals surface area contributed by atoms with Crippen molar-refractivity contribution in [2.75, 3.05) is 0 Å². The van der Waals surface area contributed by atoms with Crippen molar-refractivity contribution < 1.29 is 9.09 Å². The van der Waals surface area contributed by atoms with Gasteiger partial charge in [-0.3, -0.25) is 4.57 Å². The Morgan fingerprint density at radius 3 is 1.67 bits per heavy atom. The van der Waals surface area contributed by atoms with E-state index >= 15 is 0 Å². The van der Waals surface area contributed by atoms with E-state index in [-0.39, 0.29) is 10.8 Å². The van der Waals surface area contributed by atoms with Gasteiger partial charge in [0, 0.05) is 16.4 Å². The summed E-state index contributed by atoms with van der Waals surface area (Å²) in [6.07, 6.45) is 0. The van der Waals surface area contributed by atoms with Crippen molar-refractivity contribution in [1.82, 2.24) is 0 Å². The van der Waals surface area contributed by atoms with Crippen molar-refractivity contribution in [3.63, 3.8) is 0 Å². The molecule has 0 bridgehead atoms. The van der Waals surface area contributed by atoms with Crippen LogP contribution in [0.3, 0.4) is 0 Å². The molecule has 4 aromatic rings. The van der Waals surface area contributed by atoms with Gasteiger partial charge in [0.1, 0.15) is 5.75 Å². The molecule has 33 heavy (non-hydrogen) atoms. The summed E-state index contributed by atoms with van der Waals surface area (Å²) < 4.78 is 19.1. The Hall–Kier alpha value is -3.09. The zero-order chi connectivity index (χ0) is 23.2. The highest BCUT2D eigenvalue weighted by atomic mass is 31.1. The molecule has 5 rings (SSSR count). The van der Waals surface area contributed by atoms with E-state index < -0.39 is 8.03 Å². The Bertz CT molecular complexity index is 1340. The van der Waals surface area contributed by atoms with Crippen LogP contribution in [0, 0.1) is 0 Å². The molecule has 1 aliphatic rings. The Morgan fingerprint density at radius 1 is 0.576 bits per heavy atom. The molecule has 3 heteroatoms. The van der Waals surface area contributed by atoms with Gasteiger partial charge in [0.25, 0.3) is 8.03 Å². The topological polar surface area (TPSA) is 26.3 Å². The second kappa shape index (κ2) is 8.04. The molecule has 166 valence electrons. The monoisotopic (exact) mass is 452 g/mol. The predicted octanol–water partition coefficient (Wildman–Crippen LogP) is 7.50. The fourth-order valence-electron chi connectivity index (χ4n) is 4.75. The van der Waals surface area contributed by atoms with Gasteiger partial charge in [0.2, 0.25) is 0 Å². The van der Waals surface area contributed by atoms with Crippen LogP contribution in [-0.4, -0.2) is 0 Å². The summed E-state index contributed by atoms with van der Waals surface area (Å²) in [6, 6.07) is 33.6. The largest absolute Gasteiger partial charge is 0.441 e. The standard InChI is InChI=1S/C30H29O2P/c1-29(2,21-11-7-5-8-12-21)23-16-18-27-26(19-23)25-17-15-24(20-28(25)33(31)32-27)30(3,4)22-13-9-6-10-14-22/h5-20,33H,1-4H3. The summed E-state index contributed by atoms with van der Waals surface area (Å²) >= 11 is 0. The summed E-state index contributed by atoms with van der Waals surface area (Å²) in [6.45, 7) is 8.89. The molecule has 4 aromatic carbocycles. The van der Waals surface area contributed by atoms with Crippen molar-refractivity contribution in [3.05, 3.63) is 119 Å². The normalized spacial score (nSPS) is 15.3. The SMILES string of the molecule is CC(C)(c1ccccc1)c1ccc2c(c1)-c1ccc(C(C)(C)c3ccccc3)cc1[PH](=O)O2. The van der Waals surface area contributed by atoms with Crippen LogP contribution in [0.25, 0.3) is 11.1 Å². The molecule has 0 spiro atoms. The second-order valence-electron chi connectivity index (χ2n) is 9.84. The lowest BCUT2D eigenvalue weighted by atomic mass is 9.76. The third-order valence-electron chi connectivity index (χ3n) is 7.15. The average molecular weight is 453 g/mol. The van der Waals surface area contributed by atoms with E-state index in [4.69, 9.17) is 4.52 Å². The molecule has 1 unspecified atom stereocenters. The van der Waals surface area contributed by atoms with Crippen LogP contribution < -0.4 is 9.83 Å². The number of fused-ring (bicyclic) bond motifs is 3. The molecule has 1 atom stereocenters. The lowest BCUT2D eigenvalue weighted by Gasteiger charge is -2.30. The summed E-state index contributed by atoms with van der Waals surface area (Å²) in [7, 11) is -2.37. The molecule has 0 saturated heterocycles. The highest BCUT2D eigenvalue weighted by molar-refractivity contribution is 7.49. The van der Waals surface area contributed by atoms with Crippen LogP contribution >= 0.6 is 8.03 Å². The minimum Gasteiger partial charge on any atom is -0.441 e. The Labute approximate surface area is 197 Å². The van der Waals surface area contributed by atoms with Gasteiger partial charge in [-0.2, -0.15) is 0 Å². The molecular weight excluding hydrogens is 423 g/mol. The van der Waals surface area contributed by atoms with Gasteiger partial charge in [-0.1, -0.05) is 107 Å². The first-order valence-electron chi connectivity index (χ1n) is 11.4. The first-order chi connectivity index (χ1) is 15.8. The minimum atomic E-state index is -2.37. The summed E-state index contributed by atoms with van der Waals surface area (Å²) in [4.78, 5) is 0. The molecule has 1 heterocycles. The van der Waals surface area contributed by atoms with E-state index in [1.165, 1.54) is 16.7 Å². The zero-order valence-corrected chi connectivity index (χ0v) is 20.6. The maximum Gasteiger partial charge on any atom is 0.266 e. The van der Waals surface area contributed by atoms with E-state index in [1.54, 1.807) is 0 Å². The molecular formula is C30H29O2P. The molecule has 0 amide bonds. The predicted molar refractivity (Wildman–Crippen MR) is 138 cm³/mol. The minimum absolute atomic E-state index is 0.158. The Kier molecular flexibility index (Phi) is 5.30. The van der Waals surface area contributed by atoms with Crippen LogP contribution in [0.2, 0.25) is 0 Å². The van der Waals surface area contributed by atoms with E-state index in [0.29, 0.717) is 5.75 Å². The number of hydrogen-bond donors (Lipinski definition) is 0. The van der Waals surface area contributed by atoms with Gasteiger partial charge in [-0.25, -0.2) is 0 Å². The van der Waals surface area contributed by atoms with Gasteiger partial charge in [-0.05, 0) is 46.0 Å². The van der Waals surface area contributed by atoms with Crippen LogP contribution in [0.4, 0.5) is 0 Å². The lowest BCUT2D eigenvalue weighted by molar-refractivity contribution is 0.513. The van der Waals surface area contributed by atoms with Gasteiger partial charge in [-0.15, -0.1) is 0 Å². The number of rotatable bonds is 4. The molecule has 2 nitrogen and oxygen atoms in total. The summed E-state index contributed by atoms with van der Waals surface area (Å²) in [5.41, 5.74) is 6.50. The molecule has 0 radical (unpaired) electrons. The van der Waals surface area contributed by atoms with Gasteiger partial charge in [0.15, 0.2) is 0 Å². The molecule has 0 saturated carbocycles. The molecule has 0 fully saturated rings. The fourth-order valence-corrected chi connectivity index (χ4v) is 5.95. The van der Waals surface area contributed by atoms with E-state index in [1.807, 2.05) is 18.2 Å².